The summed E-state index contributed by atoms with van der Waals surface area (Å²) < 4.78 is 1.94. The maximum Gasteiger partial charge on any atom is 0.251 e. The van der Waals surface area contributed by atoms with Gasteiger partial charge in [0.25, 0.3) is 5.91 Å². The smallest absolute Gasteiger partial charge is 0.251 e. The van der Waals surface area contributed by atoms with Gasteiger partial charge in [-0.05, 0) is 80.7 Å². The zero-order valence-corrected chi connectivity index (χ0v) is 21.6. The Bertz CT molecular complexity index is 1250. The molecule has 0 aliphatic heterocycles. The summed E-state index contributed by atoms with van der Waals surface area (Å²) in [4.78, 5) is 21.6. The number of aromatic nitrogens is 4. The third kappa shape index (κ3) is 6.37. The van der Waals surface area contributed by atoms with Gasteiger partial charge in [0.1, 0.15) is 0 Å². The molecule has 1 unspecified atom stereocenters. The topological polar surface area (TPSA) is 129 Å². The highest BCUT2D eigenvalue weighted by molar-refractivity contribution is 5.94. The van der Waals surface area contributed by atoms with Gasteiger partial charge in [0, 0.05) is 35.8 Å². The molecule has 2 saturated carbocycles. The van der Waals surface area contributed by atoms with Crippen LogP contribution in [-0.4, -0.2) is 43.4 Å². The van der Waals surface area contributed by atoms with E-state index in [1.165, 1.54) is 12.8 Å². The summed E-state index contributed by atoms with van der Waals surface area (Å²) in [5.41, 5.74) is 3.02. The molecule has 9 heteroatoms. The molecule has 198 valence electrons. The number of nitriles is 1. The first kappa shape index (κ1) is 25.9. The number of hydrogen-bond acceptors (Lipinski definition) is 7. The van der Waals surface area contributed by atoms with Gasteiger partial charge in [0.2, 0.25) is 5.95 Å². The van der Waals surface area contributed by atoms with Crippen molar-refractivity contribution in [2.24, 2.45) is 11.8 Å². The fraction of sp³-hybridized carbons (Fsp3) is 0.483. The van der Waals surface area contributed by atoms with Crippen molar-refractivity contribution in [1.29, 1.82) is 5.26 Å². The number of nitrogens with one attached hydrogen (secondary N) is 2. The zero-order valence-electron chi connectivity index (χ0n) is 21.6. The van der Waals surface area contributed by atoms with Crippen molar-refractivity contribution in [3.63, 3.8) is 0 Å². The molecule has 2 aromatic heterocycles. The number of anilines is 2. The lowest BCUT2D eigenvalue weighted by atomic mass is 9.87. The molecule has 9 nitrogen and oxygen atoms in total. The molecule has 38 heavy (non-hydrogen) atoms. The molecule has 1 atom stereocenters. The van der Waals surface area contributed by atoms with E-state index in [-0.39, 0.29) is 18.1 Å². The van der Waals surface area contributed by atoms with Crippen LogP contribution in [0.1, 0.15) is 74.2 Å². The van der Waals surface area contributed by atoms with E-state index < -0.39 is 0 Å². The lowest BCUT2D eigenvalue weighted by Crippen LogP contribution is -2.32. The first-order chi connectivity index (χ1) is 18.6. The zero-order chi connectivity index (χ0) is 26.3. The minimum absolute atomic E-state index is 0.0924. The van der Waals surface area contributed by atoms with Gasteiger partial charge in [0.15, 0.2) is 0 Å². The second-order valence-corrected chi connectivity index (χ2v) is 10.5. The predicted octanol–water partition coefficient (Wildman–Crippen LogP) is 5.01. The normalized spacial score (nSPS) is 20.5. The van der Waals surface area contributed by atoms with Crippen LogP contribution in [0.25, 0.3) is 11.3 Å². The Morgan fingerprint density at radius 2 is 1.87 bits per heavy atom. The Hall–Kier alpha value is -3.77. The minimum Gasteiger partial charge on any atom is -0.393 e. The summed E-state index contributed by atoms with van der Waals surface area (Å²) in [5, 5.41) is 29.8. The Labute approximate surface area is 223 Å². The number of aliphatic hydroxyl groups is 1. The van der Waals surface area contributed by atoms with Crippen molar-refractivity contribution in [3.8, 4) is 17.3 Å². The molecule has 3 aromatic rings. The van der Waals surface area contributed by atoms with E-state index in [1.807, 2.05) is 29.1 Å². The monoisotopic (exact) mass is 513 g/mol. The van der Waals surface area contributed by atoms with Gasteiger partial charge in [-0.15, -0.1) is 0 Å². The van der Waals surface area contributed by atoms with Crippen LogP contribution in [0.4, 0.5) is 11.6 Å². The fourth-order valence-electron chi connectivity index (χ4n) is 5.67. The SMILES string of the molecule is N#CCC(C1CCCC1)n1cc(-c2ccnc(Nc3ccc(C(=O)NCC4CCC(O)CC4)cc3)n2)cn1. The molecule has 0 saturated heterocycles. The molecule has 2 fully saturated rings. The highest BCUT2D eigenvalue weighted by atomic mass is 16.3. The lowest BCUT2D eigenvalue weighted by molar-refractivity contribution is 0.0910. The number of aliphatic hydroxyl groups excluding tert-OH is 1. The summed E-state index contributed by atoms with van der Waals surface area (Å²) in [6.07, 6.45) is 14.0. The lowest BCUT2D eigenvalue weighted by Gasteiger charge is -2.25. The molecular formula is C29H35N7O2. The van der Waals surface area contributed by atoms with Crippen LogP contribution in [0, 0.1) is 23.2 Å². The van der Waals surface area contributed by atoms with Crippen LogP contribution in [-0.2, 0) is 0 Å². The molecule has 2 heterocycles. The second kappa shape index (κ2) is 12.2. The van der Waals surface area contributed by atoms with Gasteiger partial charge in [-0.25, -0.2) is 9.97 Å². The van der Waals surface area contributed by atoms with Crippen molar-refractivity contribution in [2.45, 2.75) is 69.9 Å². The van der Waals surface area contributed by atoms with Crippen LogP contribution in [0.2, 0.25) is 0 Å². The van der Waals surface area contributed by atoms with E-state index in [0.29, 0.717) is 36.3 Å². The van der Waals surface area contributed by atoms with Crippen LogP contribution in [0.15, 0.2) is 48.9 Å². The summed E-state index contributed by atoms with van der Waals surface area (Å²) in [5.74, 6) is 1.29. The summed E-state index contributed by atoms with van der Waals surface area (Å²) in [6, 6.07) is 11.5. The molecule has 0 radical (unpaired) electrons. The molecule has 0 bridgehead atoms. The fourth-order valence-corrected chi connectivity index (χ4v) is 5.67. The number of carbonyl (C=O) groups excluding carboxylic acids is 1. The van der Waals surface area contributed by atoms with Gasteiger partial charge < -0.3 is 15.7 Å². The van der Waals surface area contributed by atoms with E-state index in [2.05, 4.69) is 31.8 Å². The molecular weight excluding hydrogens is 478 g/mol. The summed E-state index contributed by atoms with van der Waals surface area (Å²) >= 11 is 0. The maximum absolute atomic E-state index is 12.6. The quantitative estimate of drug-likeness (QED) is 0.367. The molecule has 1 aromatic carbocycles. The first-order valence-corrected chi connectivity index (χ1v) is 13.7. The van der Waals surface area contributed by atoms with Crippen LogP contribution in [0.3, 0.4) is 0 Å². The second-order valence-electron chi connectivity index (χ2n) is 10.5. The Balaban J connectivity index is 1.19. The highest BCUT2D eigenvalue weighted by Gasteiger charge is 2.27. The Morgan fingerprint density at radius 3 is 2.61 bits per heavy atom. The number of amides is 1. The van der Waals surface area contributed by atoms with Crippen LogP contribution >= 0.6 is 0 Å². The predicted molar refractivity (Wildman–Crippen MR) is 145 cm³/mol. The van der Waals surface area contributed by atoms with E-state index in [9.17, 15) is 15.2 Å². The molecule has 3 N–H and O–H groups in total. The van der Waals surface area contributed by atoms with E-state index >= 15 is 0 Å². The van der Waals surface area contributed by atoms with E-state index in [1.54, 1.807) is 24.5 Å². The van der Waals surface area contributed by atoms with Crippen LogP contribution in [0.5, 0.6) is 0 Å². The highest BCUT2D eigenvalue weighted by Crippen LogP contribution is 2.36. The van der Waals surface area contributed by atoms with Gasteiger partial charge in [-0.3, -0.25) is 9.48 Å². The molecule has 1 amide bonds. The van der Waals surface area contributed by atoms with Crippen molar-refractivity contribution < 1.29 is 9.90 Å². The van der Waals surface area contributed by atoms with Crippen molar-refractivity contribution in [3.05, 3.63) is 54.5 Å². The summed E-state index contributed by atoms with van der Waals surface area (Å²) in [6.45, 7) is 0.640. The average Bonchev–Trinajstić information content (AvgIpc) is 3.65. The average molecular weight is 514 g/mol. The maximum atomic E-state index is 12.6. The Kier molecular flexibility index (Phi) is 8.29. The molecule has 5 rings (SSSR count). The van der Waals surface area contributed by atoms with Crippen molar-refractivity contribution >= 4 is 17.5 Å². The number of hydrogen-bond donors (Lipinski definition) is 3. The first-order valence-electron chi connectivity index (χ1n) is 13.7. The number of rotatable bonds is 9. The number of nitrogens with zero attached hydrogens (tertiary/aromatic N) is 5. The standard InChI is InChI=1S/C29H35N7O2/c30-15-13-27(21-3-1-2-4-21)36-19-23(18-33-36)26-14-16-31-29(35-26)34-24-9-7-22(8-10-24)28(38)32-17-20-5-11-25(37)12-6-20/h7-10,14,16,18-21,25,27,37H,1-6,11-13,17H2,(H,32,38)(H,31,34,35). The number of benzene rings is 1. The van der Waals surface area contributed by atoms with E-state index in [0.717, 1.165) is 55.5 Å². The van der Waals surface area contributed by atoms with Crippen LogP contribution < -0.4 is 10.6 Å². The van der Waals surface area contributed by atoms with Gasteiger partial charge in [-0.1, -0.05) is 12.8 Å². The van der Waals surface area contributed by atoms with Gasteiger partial charge >= 0.3 is 0 Å². The third-order valence-electron chi connectivity index (χ3n) is 7.91. The third-order valence-corrected chi connectivity index (χ3v) is 7.91. The molecule has 2 aliphatic carbocycles. The summed E-state index contributed by atoms with van der Waals surface area (Å²) in [7, 11) is 0. The van der Waals surface area contributed by atoms with Crippen molar-refractivity contribution in [2.75, 3.05) is 11.9 Å². The molecule has 2 aliphatic rings. The largest absolute Gasteiger partial charge is 0.393 e. The van der Waals surface area contributed by atoms with Crippen molar-refractivity contribution in [1.82, 2.24) is 25.1 Å². The number of carbonyl (C=O) groups is 1. The minimum atomic E-state index is -0.187. The van der Waals surface area contributed by atoms with Gasteiger partial charge in [-0.2, -0.15) is 10.4 Å². The van der Waals surface area contributed by atoms with E-state index in [4.69, 9.17) is 0 Å². The molecule has 0 spiro atoms. The Morgan fingerprint density at radius 1 is 1.11 bits per heavy atom. The van der Waals surface area contributed by atoms with Gasteiger partial charge in [0.05, 0.1) is 36.5 Å².